The molecule has 3 atom stereocenters. The zero-order valence-electron chi connectivity index (χ0n) is 10.6. The first-order chi connectivity index (χ1) is 8.24. The van der Waals surface area contributed by atoms with E-state index in [1.54, 1.807) is 0 Å². The van der Waals surface area contributed by atoms with E-state index in [-0.39, 0.29) is 12.0 Å². The van der Waals surface area contributed by atoms with Gasteiger partial charge in [0.05, 0.1) is 18.2 Å². The summed E-state index contributed by atoms with van der Waals surface area (Å²) in [6.07, 6.45) is 7.31. The third kappa shape index (κ3) is 2.67. The first-order valence-corrected chi connectivity index (χ1v) is 6.42. The molecule has 2 rings (SSSR count). The fraction of sp³-hybridized carbons (Fsp3) is 0.692. The first-order valence-electron chi connectivity index (χ1n) is 6.42. The minimum absolute atomic E-state index is 0.179. The molecule has 1 fully saturated rings. The van der Waals surface area contributed by atoms with Gasteiger partial charge in [-0.25, -0.2) is 0 Å². The summed E-state index contributed by atoms with van der Waals surface area (Å²) < 4.78 is 1.93. The molecule has 4 heteroatoms. The summed E-state index contributed by atoms with van der Waals surface area (Å²) in [5.41, 5.74) is 1.20. The van der Waals surface area contributed by atoms with E-state index in [0.717, 1.165) is 25.8 Å². The maximum Gasteiger partial charge on any atom is 0.0672 e. The second-order valence-corrected chi connectivity index (χ2v) is 4.79. The Morgan fingerprint density at radius 2 is 2.47 bits per heavy atom. The number of hydrogen-bond acceptors (Lipinski definition) is 3. The largest absolute Gasteiger partial charge is 0.306 e. The van der Waals surface area contributed by atoms with Gasteiger partial charge in [0.2, 0.25) is 0 Å². The van der Waals surface area contributed by atoms with Crippen molar-refractivity contribution in [3.63, 3.8) is 0 Å². The second-order valence-electron chi connectivity index (χ2n) is 4.79. The van der Waals surface area contributed by atoms with Crippen LogP contribution in [0.25, 0.3) is 0 Å². The fourth-order valence-electron chi connectivity index (χ4n) is 2.51. The highest BCUT2D eigenvalue weighted by Gasteiger charge is 2.28. The SMILES string of the molecule is CCn1cc(C(C)NC2CCCC2C#N)cn1. The van der Waals surface area contributed by atoms with Crippen molar-refractivity contribution in [3.8, 4) is 6.07 Å². The Morgan fingerprint density at radius 1 is 1.65 bits per heavy atom. The molecule has 1 aliphatic rings. The Hall–Kier alpha value is -1.34. The quantitative estimate of drug-likeness (QED) is 0.866. The predicted octanol–water partition coefficient (Wildman–Crippen LogP) is 2.25. The van der Waals surface area contributed by atoms with E-state index >= 15 is 0 Å². The van der Waals surface area contributed by atoms with Crippen molar-refractivity contribution in [2.75, 3.05) is 0 Å². The van der Waals surface area contributed by atoms with Crippen LogP contribution in [0.1, 0.15) is 44.7 Å². The third-order valence-electron chi connectivity index (χ3n) is 3.62. The highest BCUT2D eigenvalue weighted by atomic mass is 15.3. The summed E-state index contributed by atoms with van der Waals surface area (Å²) in [5.74, 6) is 0.179. The van der Waals surface area contributed by atoms with Crippen molar-refractivity contribution in [1.29, 1.82) is 5.26 Å². The summed E-state index contributed by atoms with van der Waals surface area (Å²) in [5, 5.41) is 16.9. The Bertz CT molecular complexity index is 404. The topological polar surface area (TPSA) is 53.6 Å². The van der Waals surface area contributed by atoms with Gasteiger partial charge in [0.1, 0.15) is 0 Å². The molecule has 0 aliphatic heterocycles. The molecule has 0 amide bonds. The monoisotopic (exact) mass is 232 g/mol. The third-order valence-corrected chi connectivity index (χ3v) is 3.62. The highest BCUT2D eigenvalue weighted by molar-refractivity contribution is 5.10. The average Bonchev–Trinajstić information content (AvgIpc) is 2.96. The van der Waals surface area contributed by atoms with Crippen LogP contribution in [-0.4, -0.2) is 15.8 Å². The Morgan fingerprint density at radius 3 is 3.12 bits per heavy atom. The van der Waals surface area contributed by atoms with Gasteiger partial charge in [-0.3, -0.25) is 4.68 Å². The van der Waals surface area contributed by atoms with Gasteiger partial charge >= 0.3 is 0 Å². The van der Waals surface area contributed by atoms with E-state index in [4.69, 9.17) is 5.26 Å². The standard InChI is InChI=1S/C13H20N4/c1-3-17-9-12(8-15-17)10(2)16-13-6-4-5-11(13)7-14/h8-11,13,16H,3-6H2,1-2H3. The normalized spacial score (nSPS) is 25.7. The molecule has 1 heterocycles. The maximum atomic E-state index is 9.06. The van der Waals surface area contributed by atoms with Gasteiger partial charge in [-0.2, -0.15) is 10.4 Å². The van der Waals surface area contributed by atoms with E-state index < -0.39 is 0 Å². The van der Waals surface area contributed by atoms with E-state index in [2.05, 4.69) is 36.5 Å². The molecule has 92 valence electrons. The molecule has 0 spiro atoms. The smallest absolute Gasteiger partial charge is 0.0672 e. The van der Waals surface area contributed by atoms with E-state index in [1.807, 2.05) is 10.9 Å². The first kappa shape index (κ1) is 12.1. The summed E-state index contributed by atoms with van der Waals surface area (Å²) in [4.78, 5) is 0. The van der Waals surface area contributed by atoms with E-state index in [9.17, 15) is 0 Å². The van der Waals surface area contributed by atoms with Crippen LogP contribution in [0, 0.1) is 17.2 Å². The molecule has 0 radical (unpaired) electrons. The van der Waals surface area contributed by atoms with Crippen LogP contribution in [0.2, 0.25) is 0 Å². The number of aromatic nitrogens is 2. The van der Waals surface area contributed by atoms with Crippen molar-refractivity contribution in [2.45, 2.75) is 51.7 Å². The summed E-state index contributed by atoms with van der Waals surface area (Å²) >= 11 is 0. The predicted molar refractivity (Wildman–Crippen MR) is 66.2 cm³/mol. The molecule has 1 saturated carbocycles. The minimum Gasteiger partial charge on any atom is -0.306 e. The lowest BCUT2D eigenvalue weighted by Gasteiger charge is -2.20. The van der Waals surface area contributed by atoms with Crippen molar-refractivity contribution < 1.29 is 0 Å². The van der Waals surface area contributed by atoms with Crippen LogP contribution in [0.15, 0.2) is 12.4 Å². The lowest BCUT2D eigenvalue weighted by Crippen LogP contribution is -2.33. The summed E-state index contributed by atoms with van der Waals surface area (Å²) in [6, 6.07) is 3.02. The molecule has 0 saturated heterocycles. The number of aryl methyl sites for hydroxylation is 1. The lowest BCUT2D eigenvalue weighted by molar-refractivity contribution is 0.417. The van der Waals surface area contributed by atoms with Crippen LogP contribution in [0.3, 0.4) is 0 Å². The zero-order valence-corrected chi connectivity index (χ0v) is 10.6. The van der Waals surface area contributed by atoms with Crippen molar-refractivity contribution >= 4 is 0 Å². The molecule has 4 nitrogen and oxygen atoms in total. The molecule has 1 N–H and O–H groups in total. The van der Waals surface area contributed by atoms with Crippen LogP contribution in [0.5, 0.6) is 0 Å². The molecular weight excluding hydrogens is 212 g/mol. The molecular formula is C13H20N4. The van der Waals surface area contributed by atoms with Crippen molar-refractivity contribution in [2.24, 2.45) is 5.92 Å². The van der Waals surface area contributed by atoms with E-state index in [1.165, 1.54) is 5.56 Å². The Kier molecular flexibility index (Phi) is 3.80. The molecule has 17 heavy (non-hydrogen) atoms. The van der Waals surface area contributed by atoms with Crippen LogP contribution < -0.4 is 5.32 Å². The summed E-state index contributed by atoms with van der Waals surface area (Å²) in [7, 11) is 0. The van der Waals surface area contributed by atoms with Gasteiger partial charge in [0.25, 0.3) is 0 Å². The van der Waals surface area contributed by atoms with Crippen LogP contribution in [-0.2, 0) is 6.54 Å². The van der Waals surface area contributed by atoms with Gasteiger partial charge in [-0.05, 0) is 26.7 Å². The maximum absolute atomic E-state index is 9.06. The molecule has 0 aromatic carbocycles. The number of nitriles is 1. The molecule has 0 bridgehead atoms. The van der Waals surface area contributed by atoms with Crippen LogP contribution in [0.4, 0.5) is 0 Å². The molecule has 3 unspecified atom stereocenters. The van der Waals surface area contributed by atoms with Crippen LogP contribution >= 0.6 is 0 Å². The fourth-order valence-corrected chi connectivity index (χ4v) is 2.51. The number of nitrogens with zero attached hydrogens (tertiary/aromatic N) is 3. The van der Waals surface area contributed by atoms with Crippen molar-refractivity contribution in [1.82, 2.24) is 15.1 Å². The number of hydrogen-bond donors (Lipinski definition) is 1. The minimum atomic E-state index is 0.179. The lowest BCUT2D eigenvalue weighted by atomic mass is 10.0. The van der Waals surface area contributed by atoms with Gasteiger partial charge in [0.15, 0.2) is 0 Å². The molecule has 1 aromatic rings. The molecule has 1 aromatic heterocycles. The Balaban J connectivity index is 1.96. The van der Waals surface area contributed by atoms with Gasteiger partial charge in [-0.15, -0.1) is 0 Å². The van der Waals surface area contributed by atoms with E-state index in [0.29, 0.717) is 6.04 Å². The second kappa shape index (κ2) is 5.33. The van der Waals surface area contributed by atoms with Gasteiger partial charge < -0.3 is 5.32 Å². The molecule has 1 aliphatic carbocycles. The zero-order chi connectivity index (χ0) is 12.3. The average molecular weight is 232 g/mol. The summed E-state index contributed by atoms with van der Waals surface area (Å²) in [6.45, 7) is 5.12. The number of nitrogens with one attached hydrogen (secondary N) is 1. The van der Waals surface area contributed by atoms with Gasteiger partial charge in [0, 0.05) is 30.4 Å². The van der Waals surface area contributed by atoms with Crippen molar-refractivity contribution in [3.05, 3.63) is 18.0 Å². The highest BCUT2D eigenvalue weighted by Crippen LogP contribution is 2.27. The Labute approximate surface area is 103 Å². The van der Waals surface area contributed by atoms with Gasteiger partial charge in [-0.1, -0.05) is 6.42 Å². The number of rotatable bonds is 4.